The van der Waals surface area contributed by atoms with Gasteiger partial charge in [0, 0.05) is 26.3 Å². The lowest BCUT2D eigenvalue weighted by molar-refractivity contribution is 0.0945. The second-order valence-corrected chi connectivity index (χ2v) is 5.13. The van der Waals surface area contributed by atoms with E-state index in [1.807, 2.05) is 6.07 Å². The molecule has 1 amide bonds. The lowest BCUT2D eigenvalue weighted by Crippen LogP contribution is -2.26. The number of hydrogen-bond donors (Lipinski definition) is 2. The number of nitrogens with zero attached hydrogens (tertiary/aromatic N) is 1. The molecule has 1 aliphatic heterocycles. The van der Waals surface area contributed by atoms with Crippen molar-refractivity contribution in [2.75, 3.05) is 31.6 Å². The summed E-state index contributed by atoms with van der Waals surface area (Å²) in [6.45, 7) is 5.39. The summed E-state index contributed by atoms with van der Waals surface area (Å²) < 4.78 is 5.31. The maximum Gasteiger partial charge on any atom is 0.269 e. The van der Waals surface area contributed by atoms with Crippen LogP contribution in [0.5, 0.6) is 0 Å². The highest BCUT2D eigenvalue weighted by molar-refractivity contribution is 5.92. The molecule has 2 rings (SSSR count). The maximum absolute atomic E-state index is 11.9. The van der Waals surface area contributed by atoms with Crippen molar-refractivity contribution >= 4 is 11.6 Å². The van der Waals surface area contributed by atoms with Crippen molar-refractivity contribution in [1.82, 2.24) is 10.3 Å². The molecule has 1 aromatic heterocycles. The molecule has 2 N–H and O–H groups in total. The average Bonchev–Trinajstić information content (AvgIpc) is 2.99. The van der Waals surface area contributed by atoms with Crippen LogP contribution in [0.15, 0.2) is 18.3 Å². The summed E-state index contributed by atoms with van der Waals surface area (Å²) in [5, 5.41) is 6.14. The first kappa shape index (κ1) is 14.8. The minimum Gasteiger partial charge on any atom is -0.384 e. The molecule has 20 heavy (non-hydrogen) atoms. The number of hydrogen-bond acceptors (Lipinski definition) is 4. The van der Waals surface area contributed by atoms with Crippen LogP contribution in [-0.4, -0.2) is 37.2 Å². The standard InChI is InChI=1S/C15H23N3O2/c1-2-7-16-13-3-4-14(18-10-13)15(19)17-8-5-12-6-9-20-11-12/h3-4,10,12,16H,2,5-9,11H2,1H3,(H,17,19). The Hall–Kier alpha value is -1.62. The molecule has 0 aliphatic carbocycles. The van der Waals surface area contributed by atoms with Gasteiger partial charge in [-0.1, -0.05) is 6.92 Å². The summed E-state index contributed by atoms with van der Waals surface area (Å²) in [7, 11) is 0. The van der Waals surface area contributed by atoms with Crippen LogP contribution in [0.25, 0.3) is 0 Å². The van der Waals surface area contributed by atoms with Gasteiger partial charge in [0.15, 0.2) is 0 Å². The molecular formula is C15H23N3O2. The molecule has 5 heteroatoms. The zero-order chi connectivity index (χ0) is 14.2. The normalized spacial score (nSPS) is 17.9. The van der Waals surface area contributed by atoms with E-state index >= 15 is 0 Å². The SMILES string of the molecule is CCCNc1ccc(C(=O)NCCC2CCOC2)nc1. The second-order valence-electron chi connectivity index (χ2n) is 5.13. The van der Waals surface area contributed by atoms with Gasteiger partial charge in [-0.25, -0.2) is 4.98 Å². The van der Waals surface area contributed by atoms with Crippen molar-refractivity contribution in [2.24, 2.45) is 5.92 Å². The zero-order valence-corrected chi connectivity index (χ0v) is 12.0. The first-order chi connectivity index (χ1) is 9.79. The summed E-state index contributed by atoms with van der Waals surface area (Å²) in [5.41, 5.74) is 1.42. The highest BCUT2D eigenvalue weighted by Crippen LogP contribution is 2.15. The van der Waals surface area contributed by atoms with Crippen LogP contribution in [0.3, 0.4) is 0 Å². The largest absolute Gasteiger partial charge is 0.384 e. The Balaban J connectivity index is 1.73. The van der Waals surface area contributed by atoms with Crippen LogP contribution >= 0.6 is 0 Å². The van der Waals surface area contributed by atoms with Gasteiger partial charge < -0.3 is 15.4 Å². The van der Waals surface area contributed by atoms with E-state index in [0.29, 0.717) is 18.2 Å². The van der Waals surface area contributed by atoms with E-state index < -0.39 is 0 Å². The Bertz CT molecular complexity index is 414. The molecule has 0 aromatic carbocycles. The molecule has 0 radical (unpaired) electrons. The smallest absolute Gasteiger partial charge is 0.269 e. The van der Waals surface area contributed by atoms with Gasteiger partial charge in [0.25, 0.3) is 5.91 Å². The van der Waals surface area contributed by atoms with Gasteiger partial charge in [0.2, 0.25) is 0 Å². The number of amides is 1. The number of anilines is 1. The van der Waals surface area contributed by atoms with E-state index in [4.69, 9.17) is 4.74 Å². The average molecular weight is 277 g/mol. The number of aromatic nitrogens is 1. The Morgan fingerprint density at radius 3 is 3.00 bits per heavy atom. The van der Waals surface area contributed by atoms with Gasteiger partial charge in [-0.3, -0.25) is 4.79 Å². The van der Waals surface area contributed by atoms with Gasteiger partial charge >= 0.3 is 0 Å². The monoisotopic (exact) mass is 277 g/mol. The van der Waals surface area contributed by atoms with Gasteiger partial charge in [0.05, 0.1) is 11.9 Å². The van der Waals surface area contributed by atoms with E-state index in [9.17, 15) is 4.79 Å². The molecule has 1 saturated heterocycles. The van der Waals surface area contributed by atoms with E-state index in [2.05, 4.69) is 22.5 Å². The Morgan fingerprint density at radius 1 is 1.45 bits per heavy atom. The van der Waals surface area contributed by atoms with E-state index in [-0.39, 0.29) is 5.91 Å². The highest BCUT2D eigenvalue weighted by Gasteiger charge is 2.15. The molecule has 1 fully saturated rings. The molecule has 1 aromatic rings. The van der Waals surface area contributed by atoms with Crippen molar-refractivity contribution in [3.63, 3.8) is 0 Å². The van der Waals surface area contributed by atoms with E-state index in [1.54, 1.807) is 12.3 Å². The molecule has 2 heterocycles. The number of rotatable bonds is 7. The third-order valence-electron chi connectivity index (χ3n) is 3.44. The minimum absolute atomic E-state index is 0.106. The van der Waals surface area contributed by atoms with Gasteiger partial charge in [-0.2, -0.15) is 0 Å². The number of pyridine rings is 1. The summed E-state index contributed by atoms with van der Waals surface area (Å²) >= 11 is 0. The van der Waals surface area contributed by atoms with Crippen LogP contribution in [-0.2, 0) is 4.74 Å². The number of carbonyl (C=O) groups is 1. The van der Waals surface area contributed by atoms with Crippen LogP contribution in [0, 0.1) is 5.92 Å². The van der Waals surface area contributed by atoms with Crippen molar-refractivity contribution in [3.05, 3.63) is 24.0 Å². The third-order valence-corrected chi connectivity index (χ3v) is 3.44. The number of carbonyl (C=O) groups excluding carboxylic acids is 1. The van der Waals surface area contributed by atoms with Crippen molar-refractivity contribution in [1.29, 1.82) is 0 Å². The van der Waals surface area contributed by atoms with Gasteiger partial charge in [-0.15, -0.1) is 0 Å². The Labute approximate surface area is 120 Å². The molecular weight excluding hydrogens is 254 g/mol. The molecule has 1 atom stereocenters. The third kappa shape index (κ3) is 4.49. The quantitative estimate of drug-likeness (QED) is 0.801. The molecule has 5 nitrogen and oxygen atoms in total. The first-order valence-corrected chi connectivity index (χ1v) is 7.35. The summed E-state index contributed by atoms with van der Waals surface area (Å²) in [4.78, 5) is 16.1. The van der Waals surface area contributed by atoms with E-state index in [0.717, 1.165) is 44.7 Å². The molecule has 0 bridgehead atoms. The van der Waals surface area contributed by atoms with Crippen LogP contribution < -0.4 is 10.6 Å². The minimum atomic E-state index is -0.106. The highest BCUT2D eigenvalue weighted by atomic mass is 16.5. The maximum atomic E-state index is 11.9. The second kappa shape index (κ2) is 7.85. The lowest BCUT2D eigenvalue weighted by Gasteiger charge is -2.09. The fourth-order valence-corrected chi connectivity index (χ4v) is 2.19. The van der Waals surface area contributed by atoms with Crippen molar-refractivity contribution in [2.45, 2.75) is 26.2 Å². The van der Waals surface area contributed by atoms with E-state index in [1.165, 1.54) is 0 Å². The summed E-state index contributed by atoms with van der Waals surface area (Å²) in [6.07, 6.45) is 4.84. The van der Waals surface area contributed by atoms with Crippen LogP contribution in [0.1, 0.15) is 36.7 Å². The Kier molecular flexibility index (Phi) is 5.80. The van der Waals surface area contributed by atoms with Gasteiger partial charge in [0.1, 0.15) is 5.69 Å². The van der Waals surface area contributed by atoms with Crippen LogP contribution in [0.4, 0.5) is 5.69 Å². The summed E-state index contributed by atoms with van der Waals surface area (Å²) in [6, 6.07) is 3.65. The fourth-order valence-electron chi connectivity index (χ4n) is 2.19. The fraction of sp³-hybridized carbons (Fsp3) is 0.600. The predicted octanol–water partition coefficient (Wildman–Crippen LogP) is 2.06. The molecule has 1 unspecified atom stereocenters. The van der Waals surface area contributed by atoms with Crippen molar-refractivity contribution < 1.29 is 9.53 Å². The number of ether oxygens (including phenoxy) is 1. The molecule has 0 saturated carbocycles. The van der Waals surface area contributed by atoms with Crippen molar-refractivity contribution in [3.8, 4) is 0 Å². The molecule has 1 aliphatic rings. The lowest BCUT2D eigenvalue weighted by atomic mass is 10.1. The molecule has 110 valence electrons. The topological polar surface area (TPSA) is 63.2 Å². The summed E-state index contributed by atoms with van der Waals surface area (Å²) in [5.74, 6) is 0.481. The van der Waals surface area contributed by atoms with Crippen LogP contribution in [0.2, 0.25) is 0 Å². The zero-order valence-electron chi connectivity index (χ0n) is 12.0. The number of nitrogens with one attached hydrogen (secondary N) is 2. The Morgan fingerprint density at radius 2 is 2.35 bits per heavy atom. The van der Waals surface area contributed by atoms with Gasteiger partial charge in [-0.05, 0) is 37.3 Å². The predicted molar refractivity (Wildman–Crippen MR) is 78.9 cm³/mol. The molecule has 0 spiro atoms. The first-order valence-electron chi connectivity index (χ1n) is 7.35.